The molecule has 1 atom stereocenters. The van der Waals surface area contributed by atoms with Crippen LogP contribution in [0.5, 0.6) is 0 Å². The lowest BCUT2D eigenvalue weighted by atomic mass is 9.97. The van der Waals surface area contributed by atoms with Crippen LogP contribution in [0.4, 0.5) is 0 Å². The van der Waals surface area contributed by atoms with E-state index in [4.69, 9.17) is 4.98 Å². The van der Waals surface area contributed by atoms with Gasteiger partial charge in [0.25, 0.3) is 0 Å². The molecule has 2 aromatic heterocycles. The standard InChI is InChI=1S/C19H23N5O/c1-13-14(2)24(12-20-13)11-18(25)23-9-5-6-15(10-23)19-21-16-7-3-4-8-17(16)22-19/h3-4,7-8,12,15H,5-6,9-11H2,1-2H3,(H,21,22)/t15-/m1/s1. The third-order valence-corrected chi connectivity index (χ3v) is 5.22. The van der Waals surface area contributed by atoms with E-state index in [1.165, 1.54) is 0 Å². The van der Waals surface area contributed by atoms with Crippen molar-refractivity contribution in [2.45, 2.75) is 39.2 Å². The number of amides is 1. The number of aromatic nitrogens is 4. The van der Waals surface area contributed by atoms with E-state index >= 15 is 0 Å². The SMILES string of the molecule is Cc1ncn(CC(=O)N2CCC[C@@H](c3nc4ccccc4[nH]3)C2)c1C. The number of likely N-dealkylation sites (tertiary alicyclic amines) is 1. The highest BCUT2D eigenvalue weighted by Crippen LogP contribution is 2.27. The zero-order valence-electron chi connectivity index (χ0n) is 14.7. The number of benzene rings is 1. The molecule has 130 valence electrons. The monoisotopic (exact) mass is 337 g/mol. The molecule has 3 aromatic rings. The number of carbonyl (C=O) groups excluding carboxylic acids is 1. The molecule has 1 N–H and O–H groups in total. The fraction of sp³-hybridized carbons (Fsp3) is 0.421. The smallest absolute Gasteiger partial charge is 0.242 e. The predicted octanol–water partition coefficient (Wildman–Crippen LogP) is 2.78. The van der Waals surface area contributed by atoms with Crippen molar-refractivity contribution >= 4 is 16.9 Å². The Morgan fingerprint density at radius 1 is 1.32 bits per heavy atom. The van der Waals surface area contributed by atoms with Crippen LogP contribution in [0.15, 0.2) is 30.6 Å². The Hall–Kier alpha value is -2.63. The molecule has 1 aliphatic heterocycles. The minimum atomic E-state index is 0.154. The molecule has 0 spiro atoms. The van der Waals surface area contributed by atoms with Gasteiger partial charge in [-0.2, -0.15) is 0 Å². The maximum absolute atomic E-state index is 12.7. The molecule has 0 unspecified atom stereocenters. The second-order valence-corrected chi connectivity index (χ2v) is 6.86. The first-order chi connectivity index (χ1) is 12.1. The molecule has 0 radical (unpaired) electrons. The third kappa shape index (κ3) is 3.04. The van der Waals surface area contributed by atoms with Gasteiger partial charge in [-0.3, -0.25) is 4.79 Å². The number of hydrogen-bond donors (Lipinski definition) is 1. The van der Waals surface area contributed by atoms with Gasteiger partial charge in [0.15, 0.2) is 0 Å². The Bertz CT molecular complexity index is 877. The number of imidazole rings is 2. The number of piperidine rings is 1. The van der Waals surface area contributed by atoms with E-state index < -0.39 is 0 Å². The number of fused-ring (bicyclic) bond motifs is 1. The van der Waals surface area contributed by atoms with E-state index in [9.17, 15) is 4.79 Å². The lowest BCUT2D eigenvalue weighted by Crippen LogP contribution is -2.41. The Balaban J connectivity index is 1.48. The number of hydrogen-bond acceptors (Lipinski definition) is 3. The second-order valence-electron chi connectivity index (χ2n) is 6.86. The van der Waals surface area contributed by atoms with Gasteiger partial charge in [-0.25, -0.2) is 9.97 Å². The molecule has 0 bridgehead atoms. The van der Waals surface area contributed by atoms with E-state index in [1.807, 2.05) is 47.6 Å². The molecule has 1 fully saturated rings. The van der Waals surface area contributed by atoms with Crippen molar-refractivity contribution in [3.8, 4) is 0 Å². The molecular formula is C19H23N5O. The molecule has 4 rings (SSSR count). The number of aromatic amines is 1. The first-order valence-electron chi connectivity index (χ1n) is 8.82. The van der Waals surface area contributed by atoms with Crippen molar-refractivity contribution in [1.29, 1.82) is 0 Å². The summed E-state index contributed by atoms with van der Waals surface area (Å²) in [4.78, 5) is 27.1. The van der Waals surface area contributed by atoms with Crippen molar-refractivity contribution in [3.05, 3.63) is 47.8 Å². The Morgan fingerprint density at radius 2 is 2.16 bits per heavy atom. The largest absolute Gasteiger partial charge is 0.342 e. The van der Waals surface area contributed by atoms with E-state index in [0.29, 0.717) is 6.54 Å². The van der Waals surface area contributed by atoms with Crippen LogP contribution in [-0.2, 0) is 11.3 Å². The Morgan fingerprint density at radius 3 is 2.92 bits per heavy atom. The third-order valence-electron chi connectivity index (χ3n) is 5.22. The minimum absolute atomic E-state index is 0.154. The lowest BCUT2D eigenvalue weighted by molar-refractivity contribution is -0.133. The fourth-order valence-electron chi connectivity index (χ4n) is 3.54. The highest BCUT2D eigenvalue weighted by atomic mass is 16.2. The van der Waals surface area contributed by atoms with Gasteiger partial charge in [0.1, 0.15) is 12.4 Å². The zero-order chi connectivity index (χ0) is 17.4. The molecule has 3 heterocycles. The number of rotatable bonds is 3. The summed E-state index contributed by atoms with van der Waals surface area (Å²) in [6.07, 6.45) is 3.82. The predicted molar refractivity (Wildman–Crippen MR) is 96.3 cm³/mol. The first-order valence-corrected chi connectivity index (χ1v) is 8.82. The molecule has 25 heavy (non-hydrogen) atoms. The highest BCUT2D eigenvalue weighted by Gasteiger charge is 2.27. The number of H-pyrrole nitrogens is 1. The molecule has 6 heteroatoms. The Labute approximate surface area is 146 Å². The van der Waals surface area contributed by atoms with E-state index in [-0.39, 0.29) is 11.8 Å². The van der Waals surface area contributed by atoms with Crippen LogP contribution >= 0.6 is 0 Å². The average Bonchev–Trinajstić information content (AvgIpc) is 3.20. The van der Waals surface area contributed by atoms with E-state index in [0.717, 1.165) is 54.2 Å². The number of nitrogens with zero attached hydrogens (tertiary/aromatic N) is 4. The van der Waals surface area contributed by atoms with Crippen molar-refractivity contribution < 1.29 is 4.79 Å². The van der Waals surface area contributed by atoms with Gasteiger partial charge in [-0.15, -0.1) is 0 Å². The topological polar surface area (TPSA) is 66.8 Å². The normalized spacial score (nSPS) is 18.0. The van der Waals surface area contributed by atoms with Crippen LogP contribution in [-0.4, -0.2) is 43.4 Å². The molecule has 1 amide bonds. The van der Waals surface area contributed by atoms with Gasteiger partial charge >= 0.3 is 0 Å². The summed E-state index contributed by atoms with van der Waals surface area (Å²) in [5, 5.41) is 0. The van der Waals surface area contributed by atoms with E-state index in [2.05, 4.69) is 9.97 Å². The van der Waals surface area contributed by atoms with E-state index in [1.54, 1.807) is 6.33 Å². The fourth-order valence-corrected chi connectivity index (χ4v) is 3.54. The van der Waals surface area contributed by atoms with Gasteiger partial charge in [-0.1, -0.05) is 12.1 Å². The quantitative estimate of drug-likeness (QED) is 0.799. The van der Waals surface area contributed by atoms with Crippen LogP contribution in [0.25, 0.3) is 11.0 Å². The van der Waals surface area contributed by atoms with Crippen LogP contribution in [0.2, 0.25) is 0 Å². The highest BCUT2D eigenvalue weighted by molar-refractivity contribution is 5.77. The van der Waals surface area contributed by atoms with Gasteiger partial charge in [-0.05, 0) is 38.8 Å². The molecule has 1 aromatic carbocycles. The number of para-hydroxylation sites is 2. The summed E-state index contributed by atoms with van der Waals surface area (Å²) in [7, 11) is 0. The van der Waals surface area contributed by atoms with Gasteiger partial charge in [0.05, 0.1) is 23.1 Å². The van der Waals surface area contributed by atoms with Crippen LogP contribution in [0, 0.1) is 13.8 Å². The van der Waals surface area contributed by atoms with Crippen molar-refractivity contribution in [3.63, 3.8) is 0 Å². The molecule has 1 aliphatic rings. The summed E-state index contributed by atoms with van der Waals surface area (Å²) in [5.74, 6) is 1.42. The lowest BCUT2D eigenvalue weighted by Gasteiger charge is -2.32. The van der Waals surface area contributed by atoms with Crippen LogP contribution in [0.3, 0.4) is 0 Å². The first kappa shape index (κ1) is 15.9. The van der Waals surface area contributed by atoms with Gasteiger partial charge in [0, 0.05) is 24.7 Å². The van der Waals surface area contributed by atoms with Crippen molar-refractivity contribution in [2.75, 3.05) is 13.1 Å². The minimum Gasteiger partial charge on any atom is -0.342 e. The molecule has 0 saturated carbocycles. The molecule has 0 aliphatic carbocycles. The summed E-state index contributed by atoms with van der Waals surface area (Å²) >= 11 is 0. The molecule has 1 saturated heterocycles. The Kier molecular flexibility index (Phi) is 4.03. The maximum Gasteiger partial charge on any atom is 0.242 e. The number of aryl methyl sites for hydroxylation is 1. The van der Waals surface area contributed by atoms with Gasteiger partial charge < -0.3 is 14.5 Å². The number of nitrogens with one attached hydrogen (secondary N) is 1. The van der Waals surface area contributed by atoms with Crippen molar-refractivity contribution in [2.24, 2.45) is 0 Å². The summed E-state index contributed by atoms with van der Waals surface area (Å²) in [6, 6.07) is 8.07. The second kappa shape index (κ2) is 6.35. The molecular weight excluding hydrogens is 314 g/mol. The summed E-state index contributed by atoms with van der Waals surface area (Å²) in [5.41, 5.74) is 4.08. The number of carbonyl (C=O) groups is 1. The van der Waals surface area contributed by atoms with Crippen LogP contribution in [0.1, 0.15) is 36.0 Å². The van der Waals surface area contributed by atoms with Gasteiger partial charge in [0.2, 0.25) is 5.91 Å². The van der Waals surface area contributed by atoms with Crippen molar-refractivity contribution in [1.82, 2.24) is 24.4 Å². The zero-order valence-corrected chi connectivity index (χ0v) is 14.7. The molecule has 6 nitrogen and oxygen atoms in total. The summed E-state index contributed by atoms with van der Waals surface area (Å²) < 4.78 is 1.93. The summed E-state index contributed by atoms with van der Waals surface area (Å²) in [6.45, 7) is 5.88. The van der Waals surface area contributed by atoms with Crippen LogP contribution < -0.4 is 0 Å². The average molecular weight is 337 g/mol. The maximum atomic E-state index is 12.7.